The van der Waals surface area contributed by atoms with Crippen LogP contribution in [0.25, 0.3) is 0 Å². The number of unbranched alkanes of at least 4 members (excludes halogenated alkanes) is 14. The lowest BCUT2D eigenvalue weighted by atomic mass is 10.0. The molecule has 0 N–H and O–H groups in total. The molecule has 0 aliphatic heterocycles. The minimum Gasteiger partial charge on any atom is -0.463 e. The molecule has 0 rings (SSSR count). The van der Waals surface area contributed by atoms with Gasteiger partial charge in [-0.25, -0.2) is 0 Å². The van der Waals surface area contributed by atoms with Crippen LogP contribution >= 0.6 is 0 Å². The largest absolute Gasteiger partial charge is 0.463 e. The second-order valence-electron chi connectivity index (χ2n) is 11.7. The number of hydrogen-bond donors (Lipinski definition) is 0. The van der Waals surface area contributed by atoms with E-state index in [0.29, 0.717) is 59.3 Å². The second-order valence-corrected chi connectivity index (χ2v) is 11.7. The van der Waals surface area contributed by atoms with Gasteiger partial charge in [-0.3, -0.25) is 9.59 Å². The summed E-state index contributed by atoms with van der Waals surface area (Å²) in [5, 5.41) is 0. The van der Waals surface area contributed by atoms with Crippen LogP contribution in [0.15, 0.2) is 0 Å². The van der Waals surface area contributed by atoms with Crippen LogP contribution in [0.2, 0.25) is 0 Å². The maximum Gasteiger partial charge on any atom is 0.308 e. The predicted octanol–water partition coefficient (Wildman–Crippen LogP) is 7.59. The molecule has 0 aliphatic rings. The standard InChI is InChI=1S/C33H64O8/c1-5-6-7-8-9-10-11-12-13-14-15-16-17-18-19-20-31(34)40-30-29-39-28-27-38-26-25-37-24-23-36-22-21-32(35)41-33(2,3)4/h5-30H2,1-4H3. The van der Waals surface area contributed by atoms with Crippen LogP contribution in [-0.4, -0.2) is 77.0 Å². The molecular formula is C33H64O8. The van der Waals surface area contributed by atoms with Crippen molar-refractivity contribution in [1.29, 1.82) is 0 Å². The molecule has 244 valence electrons. The number of ether oxygens (including phenoxy) is 6. The van der Waals surface area contributed by atoms with E-state index in [1.54, 1.807) is 0 Å². The Kier molecular flexibility index (Phi) is 29.3. The van der Waals surface area contributed by atoms with Crippen LogP contribution in [-0.2, 0) is 38.0 Å². The minimum absolute atomic E-state index is 0.134. The fourth-order valence-corrected chi connectivity index (χ4v) is 4.24. The van der Waals surface area contributed by atoms with Gasteiger partial charge in [0.2, 0.25) is 0 Å². The van der Waals surface area contributed by atoms with Gasteiger partial charge < -0.3 is 28.4 Å². The van der Waals surface area contributed by atoms with Crippen molar-refractivity contribution in [3.05, 3.63) is 0 Å². The second kappa shape index (κ2) is 30.2. The summed E-state index contributed by atoms with van der Waals surface area (Å²) in [5.41, 5.74) is -0.469. The van der Waals surface area contributed by atoms with E-state index >= 15 is 0 Å². The summed E-state index contributed by atoms with van der Waals surface area (Å²) < 4.78 is 32.1. The van der Waals surface area contributed by atoms with Gasteiger partial charge in [0.25, 0.3) is 0 Å². The fraction of sp³-hybridized carbons (Fsp3) is 0.939. The van der Waals surface area contributed by atoms with Crippen molar-refractivity contribution in [2.45, 2.75) is 142 Å². The monoisotopic (exact) mass is 588 g/mol. The molecule has 0 heterocycles. The molecule has 0 radical (unpaired) electrons. The Hall–Kier alpha value is -1.22. The molecule has 0 unspecified atom stereocenters. The van der Waals surface area contributed by atoms with E-state index in [4.69, 9.17) is 28.4 Å². The molecule has 0 fully saturated rings. The Balaban J connectivity index is 3.21. The molecule has 0 aromatic rings. The van der Waals surface area contributed by atoms with Crippen LogP contribution in [0.3, 0.4) is 0 Å². The van der Waals surface area contributed by atoms with Crippen molar-refractivity contribution in [2.75, 3.05) is 59.5 Å². The summed E-state index contributed by atoms with van der Waals surface area (Å²) in [6.07, 6.45) is 20.5. The molecule has 0 atom stereocenters. The van der Waals surface area contributed by atoms with E-state index in [2.05, 4.69) is 6.92 Å². The van der Waals surface area contributed by atoms with Crippen LogP contribution in [0.1, 0.15) is 137 Å². The molecule has 41 heavy (non-hydrogen) atoms. The summed E-state index contributed by atoms with van der Waals surface area (Å²) in [7, 11) is 0. The molecule has 0 aromatic carbocycles. The van der Waals surface area contributed by atoms with E-state index < -0.39 is 5.60 Å². The molecule has 0 aromatic heterocycles. The van der Waals surface area contributed by atoms with Gasteiger partial charge >= 0.3 is 11.9 Å². The first-order chi connectivity index (χ1) is 19.8. The van der Waals surface area contributed by atoms with Crippen LogP contribution in [0.4, 0.5) is 0 Å². The van der Waals surface area contributed by atoms with Gasteiger partial charge in [-0.1, -0.05) is 96.8 Å². The predicted molar refractivity (Wildman–Crippen MR) is 164 cm³/mol. The van der Waals surface area contributed by atoms with Crippen LogP contribution in [0, 0.1) is 0 Å². The number of rotatable bonds is 31. The first-order valence-corrected chi connectivity index (χ1v) is 16.5. The van der Waals surface area contributed by atoms with Gasteiger partial charge in [-0.15, -0.1) is 0 Å². The lowest BCUT2D eigenvalue weighted by molar-refractivity contribution is -0.156. The molecule has 0 bridgehead atoms. The van der Waals surface area contributed by atoms with E-state index in [0.717, 1.165) is 12.8 Å². The first kappa shape index (κ1) is 39.8. The van der Waals surface area contributed by atoms with Crippen LogP contribution < -0.4 is 0 Å². The maximum absolute atomic E-state index is 11.8. The molecule has 8 nitrogen and oxygen atoms in total. The van der Waals surface area contributed by atoms with Crippen molar-refractivity contribution in [3.8, 4) is 0 Å². The average molecular weight is 589 g/mol. The highest BCUT2D eigenvalue weighted by Gasteiger charge is 2.15. The van der Waals surface area contributed by atoms with E-state index in [1.165, 1.54) is 83.5 Å². The Labute approximate surface area is 251 Å². The van der Waals surface area contributed by atoms with E-state index in [1.807, 2.05) is 20.8 Å². The molecule has 0 aliphatic carbocycles. The highest BCUT2D eigenvalue weighted by molar-refractivity contribution is 5.70. The smallest absolute Gasteiger partial charge is 0.308 e. The van der Waals surface area contributed by atoms with Gasteiger partial charge in [-0.2, -0.15) is 0 Å². The lowest BCUT2D eigenvalue weighted by Gasteiger charge is -2.19. The zero-order valence-corrected chi connectivity index (χ0v) is 27.2. The van der Waals surface area contributed by atoms with Crippen LogP contribution in [0.5, 0.6) is 0 Å². The molecule has 0 saturated carbocycles. The highest BCUT2D eigenvalue weighted by atomic mass is 16.6. The van der Waals surface area contributed by atoms with Crippen molar-refractivity contribution in [1.82, 2.24) is 0 Å². The third-order valence-electron chi connectivity index (χ3n) is 6.46. The normalized spacial score (nSPS) is 11.6. The zero-order valence-electron chi connectivity index (χ0n) is 27.2. The SMILES string of the molecule is CCCCCCCCCCCCCCCCCC(=O)OCCOCCOCCOCCOCCC(=O)OC(C)(C)C. The number of carbonyl (C=O) groups excluding carboxylic acids is 2. The van der Waals surface area contributed by atoms with Gasteiger partial charge in [0, 0.05) is 6.42 Å². The minimum atomic E-state index is -0.469. The molecule has 0 amide bonds. The first-order valence-electron chi connectivity index (χ1n) is 16.5. The van der Waals surface area contributed by atoms with Gasteiger partial charge in [0.15, 0.2) is 0 Å². The molecule has 0 saturated heterocycles. The van der Waals surface area contributed by atoms with E-state index in [-0.39, 0.29) is 25.0 Å². The Bertz CT molecular complexity index is 576. The summed E-state index contributed by atoms with van der Waals surface area (Å²) in [4.78, 5) is 23.4. The summed E-state index contributed by atoms with van der Waals surface area (Å²) in [6.45, 7) is 11.5. The van der Waals surface area contributed by atoms with Crippen molar-refractivity contribution < 1.29 is 38.0 Å². The number of carbonyl (C=O) groups is 2. The van der Waals surface area contributed by atoms with Crippen molar-refractivity contribution in [3.63, 3.8) is 0 Å². The van der Waals surface area contributed by atoms with Crippen molar-refractivity contribution >= 4 is 11.9 Å². The summed E-state index contributed by atoms with van der Waals surface area (Å²) in [6, 6.07) is 0. The molecule has 0 spiro atoms. The third-order valence-corrected chi connectivity index (χ3v) is 6.46. The van der Waals surface area contributed by atoms with Gasteiger partial charge in [-0.05, 0) is 27.2 Å². The number of esters is 2. The quantitative estimate of drug-likeness (QED) is 0.0604. The molecule has 8 heteroatoms. The van der Waals surface area contributed by atoms with E-state index in [9.17, 15) is 9.59 Å². The fourth-order valence-electron chi connectivity index (χ4n) is 4.24. The Morgan fingerprint density at radius 2 is 0.805 bits per heavy atom. The van der Waals surface area contributed by atoms with Gasteiger partial charge in [0.1, 0.15) is 12.2 Å². The Morgan fingerprint density at radius 3 is 1.22 bits per heavy atom. The lowest BCUT2D eigenvalue weighted by Crippen LogP contribution is -2.24. The maximum atomic E-state index is 11.8. The molecular weight excluding hydrogens is 524 g/mol. The van der Waals surface area contributed by atoms with Crippen molar-refractivity contribution in [2.24, 2.45) is 0 Å². The zero-order chi connectivity index (χ0) is 30.3. The summed E-state index contributed by atoms with van der Waals surface area (Å²) >= 11 is 0. The number of hydrogen-bond acceptors (Lipinski definition) is 8. The topological polar surface area (TPSA) is 89.5 Å². The Morgan fingerprint density at radius 1 is 0.439 bits per heavy atom. The highest BCUT2D eigenvalue weighted by Crippen LogP contribution is 2.14. The van der Waals surface area contributed by atoms with Gasteiger partial charge in [0.05, 0.1) is 59.3 Å². The third kappa shape index (κ3) is 34.9. The average Bonchev–Trinajstić information content (AvgIpc) is 2.92. The summed E-state index contributed by atoms with van der Waals surface area (Å²) in [5.74, 6) is -0.395.